The number of hydrogen-bond donors (Lipinski definition) is 0. The van der Waals surface area contributed by atoms with Crippen LogP contribution in [0.15, 0.2) is 41.5 Å². The van der Waals surface area contributed by atoms with Crippen molar-refractivity contribution < 1.29 is 14.4 Å². The molecule has 2 heterocycles. The molecule has 0 bridgehead atoms. The van der Waals surface area contributed by atoms with Gasteiger partial charge in [-0.15, -0.1) is 0 Å². The summed E-state index contributed by atoms with van der Waals surface area (Å²) in [5.74, 6) is -0.843. The minimum atomic E-state index is -0.814. The van der Waals surface area contributed by atoms with Gasteiger partial charge in [0, 0.05) is 37.5 Å². The minimum absolute atomic E-state index is 0.0678. The summed E-state index contributed by atoms with van der Waals surface area (Å²) in [7, 11) is 0. The lowest BCUT2D eigenvalue weighted by molar-refractivity contribution is 0.0905. The summed E-state index contributed by atoms with van der Waals surface area (Å²) in [5.41, 5.74) is 0.485. The van der Waals surface area contributed by atoms with Gasteiger partial charge in [0.25, 0.3) is 0 Å². The van der Waals surface area contributed by atoms with E-state index in [0.717, 1.165) is 20.6 Å². The van der Waals surface area contributed by atoms with Gasteiger partial charge in [0.15, 0.2) is 0 Å². The highest BCUT2D eigenvalue weighted by molar-refractivity contribution is 6.10. The molecule has 3 aromatic rings. The number of nitrogens with zero attached hydrogens (tertiary/aromatic N) is 4. The Morgan fingerprint density at radius 3 is 2.07 bits per heavy atom. The highest BCUT2D eigenvalue weighted by Gasteiger charge is 2.28. The molecule has 3 rings (SSSR count). The third-order valence-corrected chi connectivity index (χ3v) is 4.56. The molecule has 2 aromatic heterocycles. The second kappa shape index (κ2) is 7.22. The van der Waals surface area contributed by atoms with Gasteiger partial charge in [-0.05, 0) is 37.6 Å². The van der Waals surface area contributed by atoms with Crippen molar-refractivity contribution in [3.05, 3.63) is 69.9 Å². The number of aryl methyl sites for hydroxylation is 1. The van der Waals surface area contributed by atoms with Gasteiger partial charge < -0.3 is 4.57 Å². The van der Waals surface area contributed by atoms with E-state index in [4.69, 9.17) is 0 Å². The van der Waals surface area contributed by atoms with E-state index in [9.17, 15) is 19.2 Å². The summed E-state index contributed by atoms with van der Waals surface area (Å²) in [4.78, 5) is 53.8. The second-order valence-electron chi connectivity index (χ2n) is 6.36. The molecule has 1 aromatic carbocycles. The molecule has 0 amide bonds. The number of hydrogen-bond acceptors (Lipinski definition) is 5. The van der Waals surface area contributed by atoms with Gasteiger partial charge in [-0.3, -0.25) is 14.4 Å². The zero-order chi connectivity index (χ0) is 20.6. The first-order valence-corrected chi connectivity index (χ1v) is 8.81. The van der Waals surface area contributed by atoms with E-state index in [0.29, 0.717) is 5.56 Å². The van der Waals surface area contributed by atoms with Crippen LogP contribution in [0, 0.1) is 6.92 Å². The molecule has 0 unspecified atom stereocenters. The van der Waals surface area contributed by atoms with Gasteiger partial charge >= 0.3 is 5.69 Å². The van der Waals surface area contributed by atoms with Crippen molar-refractivity contribution in [1.82, 2.24) is 18.7 Å². The fourth-order valence-electron chi connectivity index (χ4n) is 3.28. The molecule has 0 radical (unpaired) electrons. The third-order valence-electron chi connectivity index (χ3n) is 4.56. The first-order valence-electron chi connectivity index (χ1n) is 8.81. The molecular weight excluding hydrogens is 360 g/mol. The average Bonchev–Trinajstić information content (AvgIpc) is 3.21. The molecule has 0 aliphatic heterocycles. The maximum atomic E-state index is 13.1. The van der Waals surface area contributed by atoms with Gasteiger partial charge in [0.1, 0.15) is 11.5 Å². The number of carbonyl (C=O) groups excluding carboxylic acids is 3. The van der Waals surface area contributed by atoms with Crippen molar-refractivity contribution >= 4 is 17.6 Å². The Morgan fingerprint density at radius 2 is 1.61 bits per heavy atom. The zero-order valence-corrected chi connectivity index (χ0v) is 16.1. The van der Waals surface area contributed by atoms with Crippen LogP contribution < -0.4 is 5.69 Å². The molecule has 0 saturated carbocycles. The number of rotatable bonds is 4. The highest BCUT2D eigenvalue weighted by Crippen LogP contribution is 2.18. The van der Waals surface area contributed by atoms with Crippen molar-refractivity contribution in [2.75, 3.05) is 0 Å². The molecule has 0 N–H and O–H groups in total. The summed E-state index contributed by atoms with van der Waals surface area (Å²) >= 11 is 0. The van der Waals surface area contributed by atoms with Crippen molar-refractivity contribution in [1.29, 1.82) is 0 Å². The van der Waals surface area contributed by atoms with Crippen LogP contribution in [0.2, 0.25) is 0 Å². The number of ketones is 1. The van der Waals surface area contributed by atoms with E-state index in [-0.39, 0.29) is 17.8 Å². The second-order valence-corrected chi connectivity index (χ2v) is 6.36. The van der Waals surface area contributed by atoms with E-state index >= 15 is 0 Å². The fourth-order valence-corrected chi connectivity index (χ4v) is 3.28. The van der Waals surface area contributed by atoms with Crippen LogP contribution in [0.3, 0.4) is 0 Å². The third kappa shape index (κ3) is 3.02. The van der Waals surface area contributed by atoms with Gasteiger partial charge in [-0.25, -0.2) is 18.9 Å². The van der Waals surface area contributed by atoms with Crippen molar-refractivity contribution in [3.63, 3.8) is 0 Å². The van der Waals surface area contributed by atoms with Crippen LogP contribution in [-0.2, 0) is 6.42 Å². The van der Waals surface area contributed by atoms with Crippen LogP contribution in [0.1, 0.15) is 57.9 Å². The Bertz CT molecular complexity index is 1150. The zero-order valence-electron chi connectivity index (χ0n) is 16.1. The Morgan fingerprint density at radius 1 is 1.00 bits per heavy atom. The summed E-state index contributed by atoms with van der Waals surface area (Å²) in [6.07, 6.45) is 3.74. The van der Waals surface area contributed by atoms with Crippen molar-refractivity contribution in [3.8, 4) is 5.69 Å². The van der Waals surface area contributed by atoms with Crippen molar-refractivity contribution in [2.45, 2.75) is 34.1 Å². The van der Waals surface area contributed by atoms with Crippen LogP contribution >= 0.6 is 0 Å². The number of carbonyl (C=O) groups is 3. The first kappa shape index (κ1) is 19.2. The van der Waals surface area contributed by atoms with Gasteiger partial charge in [-0.2, -0.15) is 0 Å². The molecule has 0 saturated heterocycles. The lowest BCUT2D eigenvalue weighted by Gasteiger charge is -2.08. The maximum absolute atomic E-state index is 13.1. The quantitative estimate of drug-likeness (QED) is 0.647. The van der Waals surface area contributed by atoms with Crippen LogP contribution in [0.25, 0.3) is 5.69 Å². The maximum Gasteiger partial charge on any atom is 0.342 e. The topological polar surface area (TPSA) is 96.0 Å². The Kier molecular flexibility index (Phi) is 4.96. The highest BCUT2D eigenvalue weighted by atomic mass is 16.2. The molecule has 0 atom stereocenters. The average molecular weight is 380 g/mol. The first-order chi connectivity index (χ1) is 13.3. The van der Waals surface area contributed by atoms with E-state index in [1.165, 1.54) is 13.8 Å². The Hall–Kier alpha value is -3.55. The summed E-state index contributed by atoms with van der Waals surface area (Å²) in [6, 6.07) is 6.75. The standard InChI is InChI=1S/C20H20N4O4/c1-5-17-18(24(14(4)26)20(28)23(17)13(3)25)19(27)15-6-8-16(9-7-15)22-11-10-21-12(22)2/h6-11H,5H2,1-4H3. The number of imidazole rings is 2. The molecule has 0 aliphatic carbocycles. The lowest BCUT2D eigenvalue weighted by atomic mass is 10.0. The summed E-state index contributed by atoms with van der Waals surface area (Å²) in [6.45, 7) is 6.00. The number of benzene rings is 1. The van der Waals surface area contributed by atoms with Crippen LogP contribution in [0.4, 0.5) is 0 Å². The van der Waals surface area contributed by atoms with E-state index in [2.05, 4.69) is 4.98 Å². The molecule has 0 fully saturated rings. The van der Waals surface area contributed by atoms with E-state index in [1.54, 1.807) is 37.4 Å². The Balaban J connectivity index is 2.14. The molecule has 8 nitrogen and oxygen atoms in total. The Labute approximate surface area is 161 Å². The number of aromatic nitrogens is 4. The molecular formula is C20H20N4O4. The van der Waals surface area contributed by atoms with E-state index < -0.39 is 23.3 Å². The van der Waals surface area contributed by atoms with E-state index in [1.807, 2.05) is 17.7 Å². The van der Waals surface area contributed by atoms with Gasteiger partial charge in [0.2, 0.25) is 17.6 Å². The molecule has 144 valence electrons. The molecule has 8 heteroatoms. The normalized spacial score (nSPS) is 10.9. The SMILES string of the molecule is CCc1c(C(=O)c2ccc(-n3ccnc3C)cc2)n(C(C)=O)c(=O)n1C(C)=O. The molecule has 28 heavy (non-hydrogen) atoms. The lowest BCUT2D eigenvalue weighted by Crippen LogP contribution is -2.31. The summed E-state index contributed by atoms with van der Waals surface area (Å²) < 4.78 is 3.53. The predicted octanol–water partition coefficient (Wildman–Crippen LogP) is 2.26. The van der Waals surface area contributed by atoms with Gasteiger partial charge in [-0.1, -0.05) is 6.92 Å². The predicted molar refractivity (Wildman–Crippen MR) is 102 cm³/mol. The minimum Gasteiger partial charge on any atom is -0.304 e. The van der Waals surface area contributed by atoms with Crippen LogP contribution in [0.5, 0.6) is 0 Å². The fraction of sp³-hybridized carbons (Fsp3) is 0.250. The summed E-state index contributed by atoms with van der Waals surface area (Å²) in [5, 5.41) is 0. The molecule has 0 spiro atoms. The monoisotopic (exact) mass is 380 g/mol. The largest absolute Gasteiger partial charge is 0.342 e. The molecule has 0 aliphatic rings. The van der Waals surface area contributed by atoms with Crippen LogP contribution in [-0.4, -0.2) is 36.3 Å². The van der Waals surface area contributed by atoms with Gasteiger partial charge in [0.05, 0.1) is 5.69 Å². The van der Waals surface area contributed by atoms with Crippen molar-refractivity contribution in [2.24, 2.45) is 0 Å². The smallest absolute Gasteiger partial charge is 0.304 e.